The van der Waals surface area contributed by atoms with Gasteiger partial charge in [-0.1, -0.05) is 110 Å². The van der Waals surface area contributed by atoms with Gasteiger partial charge in [0, 0.05) is 6.54 Å². The molecule has 24 heavy (non-hydrogen) atoms. The number of carboxylic acid groups (broad SMARTS) is 1. The molecule has 0 aromatic heterocycles. The molecule has 0 bridgehead atoms. The van der Waals surface area contributed by atoms with Crippen molar-refractivity contribution < 1.29 is 9.90 Å². The van der Waals surface area contributed by atoms with E-state index in [0.717, 1.165) is 19.3 Å². The average molecular weight is 342 g/mol. The molecule has 0 saturated heterocycles. The van der Waals surface area contributed by atoms with E-state index in [1.165, 1.54) is 89.9 Å². The number of carbonyl (C=O) groups is 1. The summed E-state index contributed by atoms with van der Waals surface area (Å²) in [5.41, 5.74) is 5.46. The molecule has 0 aromatic carbocycles. The van der Waals surface area contributed by atoms with Crippen LogP contribution in [-0.4, -0.2) is 17.6 Å². The molecule has 0 fully saturated rings. The Labute approximate surface area is 150 Å². The third-order valence-corrected chi connectivity index (χ3v) is 5.04. The smallest absolute Gasteiger partial charge is 0.307 e. The SMILES string of the molecule is CCCCCCCCCCCCCCCCCCC(CN)C(=O)O. The lowest BCUT2D eigenvalue weighted by molar-refractivity contribution is -0.141. The van der Waals surface area contributed by atoms with E-state index in [-0.39, 0.29) is 12.5 Å². The normalized spacial score (nSPS) is 12.4. The van der Waals surface area contributed by atoms with E-state index in [2.05, 4.69) is 6.92 Å². The Bertz CT molecular complexity index is 269. The molecule has 3 heteroatoms. The van der Waals surface area contributed by atoms with Crippen LogP contribution in [-0.2, 0) is 4.79 Å². The molecular formula is C21H43NO2. The second-order valence-corrected chi connectivity index (χ2v) is 7.36. The lowest BCUT2D eigenvalue weighted by Gasteiger charge is -2.08. The molecule has 0 saturated carbocycles. The van der Waals surface area contributed by atoms with Gasteiger partial charge in [0.15, 0.2) is 0 Å². The van der Waals surface area contributed by atoms with Crippen molar-refractivity contribution in [2.75, 3.05) is 6.54 Å². The van der Waals surface area contributed by atoms with E-state index in [0.29, 0.717) is 0 Å². The van der Waals surface area contributed by atoms with Crippen LogP contribution in [0, 0.1) is 5.92 Å². The molecule has 0 aliphatic heterocycles. The van der Waals surface area contributed by atoms with E-state index in [1.807, 2.05) is 0 Å². The van der Waals surface area contributed by atoms with Gasteiger partial charge >= 0.3 is 5.97 Å². The molecule has 1 unspecified atom stereocenters. The third-order valence-electron chi connectivity index (χ3n) is 5.04. The maximum absolute atomic E-state index is 10.8. The summed E-state index contributed by atoms with van der Waals surface area (Å²) in [5, 5.41) is 8.92. The maximum atomic E-state index is 10.8. The largest absolute Gasteiger partial charge is 0.481 e. The third kappa shape index (κ3) is 16.3. The Morgan fingerprint density at radius 1 is 0.708 bits per heavy atom. The van der Waals surface area contributed by atoms with Crippen molar-refractivity contribution in [2.45, 2.75) is 116 Å². The highest BCUT2D eigenvalue weighted by Crippen LogP contribution is 2.15. The lowest BCUT2D eigenvalue weighted by atomic mass is 10.00. The summed E-state index contributed by atoms with van der Waals surface area (Å²) < 4.78 is 0. The van der Waals surface area contributed by atoms with Crippen molar-refractivity contribution in [1.82, 2.24) is 0 Å². The second kappa shape index (κ2) is 18.8. The molecule has 0 rings (SSSR count). The van der Waals surface area contributed by atoms with Gasteiger partial charge in [-0.2, -0.15) is 0 Å². The van der Waals surface area contributed by atoms with Gasteiger partial charge < -0.3 is 10.8 Å². The first kappa shape index (κ1) is 23.4. The molecule has 3 nitrogen and oxygen atoms in total. The number of nitrogens with two attached hydrogens (primary N) is 1. The van der Waals surface area contributed by atoms with E-state index >= 15 is 0 Å². The molecule has 0 aliphatic carbocycles. The van der Waals surface area contributed by atoms with Gasteiger partial charge in [-0.15, -0.1) is 0 Å². The van der Waals surface area contributed by atoms with Gasteiger partial charge in [-0.05, 0) is 6.42 Å². The fourth-order valence-electron chi connectivity index (χ4n) is 3.28. The summed E-state index contributed by atoms with van der Waals surface area (Å²) in [6.45, 7) is 2.55. The zero-order valence-corrected chi connectivity index (χ0v) is 16.2. The Kier molecular flexibility index (Phi) is 18.3. The Morgan fingerprint density at radius 2 is 1.04 bits per heavy atom. The lowest BCUT2D eigenvalue weighted by Crippen LogP contribution is -2.23. The summed E-state index contributed by atoms with van der Waals surface area (Å²) in [7, 11) is 0. The predicted octanol–water partition coefficient (Wildman–Crippen LogP) is 6.30. The van der Waals surface area contributed by atoms with Crippen LogP contribution in [0.2, 0.25) is 0 Å². The molecule has 1 atom stereocenters. The van der Waals surface area contributed by atoms with Gasteiger partial charge in [0.2, 0.25) is 0 Å². The van der Waals surface area contributed by atoms with Crippen LogP contribution in [0.1, 0.15) is 116 Å². The van der Waals surface area contributed by atoms with Crippen LogP contribution >= 0.6 is 0 Å². The van der Waals surface area contributed by atoms with Gasteiger partial charge in [-0.3, -0.25) is 4.79 Å². The number of rotatable bonds is 19. The van der Waals surface area contributed by atoms with Crippen LogP contribution < -0.4 is 5.73 Å². The minimum atomic E-state index is -0.738. The van der Waals surface area contributed by atoms with E-state index in [4.69, 9.17) is 10.8 Å². The first-order valence-electron chi connectivity index (χ1n) is 10.6. The van der Waals surface area contributed by atoms with Crippen LogP contribution in [0.3, 0.4) is 0 Å². The topological polar surface area (TPSA) is 63.3 Å². The summed E-state index contributed by atoms with van der Waals surface area (Å²) in [4.78, 5) is 10.8. The molecule has 0 radical (unpaired) electrons. The summed E-state index contributed by atoms with van der Waals surface area (Å²) in [6.07, 6.45) is 22.3. The minimum absolute atomic E-state index is 0.272. The summed E-state index contributed by atoms with van der Waals surface area (Å²) in [6, 6.07) is 0. The van der Waals surface area contributed by atoms with Gasteiger partial charge in [0.25, 0.3) is 0 Å². The fourth-order valence-corrected chi connectivity index (χ4v) is 3.28. The number of hydrogen-bond donors (Lipinski definition) is 2. The van der Waals surface area contributed by atoms with Crippen LogP contribution in [0.15, 0.2) is 0 Å². The number of aliphatic carboxylic acids is 1. The Morgan fingerprint density at radius 3 is 1.33 bits per heavy atom. The van der Waals surface area contributed by atoms with Crippen LogP contribution in [0.5, 0.6) is 0 Å². The molecule has 0 heterocycles. The van der Waals surface area contributed by atoms with E-state index < -0.39 is 5.97 Å². The van der Waals surface area contributed by atoms with Gasteiger partial charge in [0.05, 0.1) is 5.92 Å². The summed E-state index contributed by atoms with van der Waals surface area (Å²) >= 11 is 0. The van der Waals surface area contributed by atoms with Crippen LogP contribution in [0.25, 0.3) is 0 Å². The highest BCUT2D eigenvalue weighted by molar-refractivity contribution is 5.70. The molecule has 0 aromatic rings. The fraction of sp³-hybridized carbons (Fsp3) is 0.952. The molecule has 144 valence electrons. The monoisotopic (exact) mass is 341 g/mol. The quantitative estimate of drug-likeness (QED) is 0.271. The first-order valence-corrected chi connectivity index (χ1v) is 10.6. The standard InChI is InChI=1S/C21H43NO2/c1-2-3-4-5-6-7-8-9-10-11-12-13-14-15-16-17-18-20(19-22)21(23)24/h20H,2-19,22H2,1H3,(H,23,24). The summed E-state index contributed by atoms with van der Waals surface area (Å²) in [5.74, 6) is -1.07. The Hall–Kier alpha value is -0.570. The molecular weight excluding hydrogens is 298 g/mol. The maximum Gasteiger partial charge on any atom is 0.307 e. The van der Waals surface area contributed by atoms with E-state index in [1.54, 1.807) is 0 Å². The Balaban J connectivity index is 3.11. The van der Waals surface area contributed by atoms with Crippen molar-refractivity contribution in [3.63, 3.8) is 0 Å². The highest BCUT2D eigenvalue weighted by Gasteiger charge is 2.13. The zero-order valence-electron chi connectivity index (χ0n) is 16.2. The van der Waals surface area contributed by atoms with E-state index in [9.17, 15) is 4.79 Å². The van der Waals surface area contributed by atoms with Crippen molar-refractivity contribution in [3.8, 4) is 0 Å². The average Bonchev–Trinajstić information content (AvgIpc) is 2.57. The van der Waals surface area contributed by atoms with Crippen molar-refractivity contribution in [2.24, 2.45) is 11.7 Å². The minimum Gasteiger partial charge on any atom is -0.481 e. The second-order valence-electron chi connectivity index (χ2n) is 7.36. The van der Waals surface area contributed by atoms with Gasteiger partial charge in [0.1, 0.15) is 0 Å². The van der Waals surface area contributed by atoms with Crippen molar-refractivity contribution in [1.29, 1.82) is 0 Å². The zero-order chi connectivity index (χ0) is 17.9. The van der Waals surface area contributed by atoms with Gasteiger partial charge in [-0.25, -0.2) is 0 Å². The van der Waals surface area contributed by atoms with Crippen LogP contribution in [0.4, 0.5) is 0 Å². The molecule has 0 aliphatic rings. The number of hydrogen-bond acceptors (Lipinski definition) is 2. The molecule has 0 amide bonds. The molecule has 0 spiro atoms. The number of unbranched alkanes of at least 4 members (excludes halogenated alkanes) is 15. The highest BCUT2D eigenvalue weighted by atomic mass is 16.4. The van der Waals surface area contributed by atoms with Crippen molar-refractivity contribution in [3.05, 3.63) is 0 Å². The number of carboxylic acids is 1. The van der Waals surface area contributed by atoms with Crippen molar-refractivity contribution >= 4 is 5.97 Å². The first-order chi connectivity index (χ1) is 11.7. The predicted molar refractivity (Wildman–Crippen MR) is 104 cm³/mol. The molecule has 3 N–H and O–H groups in total.